The first-order chi connectivity index (χ1) is 13.2. The number of fused-ring (bicyclic) bond motifs is 1. The molecule has 1 aromatic carbocycles. The van der Waals surface area contributed by atoms with Gasteiger partial charge in [-0.25, -0.2) is 9.37 Å². The third kappa shape index (κ3) is 3.39. The van der Waals surface area contributed by atoms with Crippen molar-refractivity contribution in [1.82, 2.24) is 19.7 Å². The van der Waals surface area contributed by atoms with Crippen LogP contribution in [0.3, 0.4) is 0 Å². The number of hydrogen-bond acceptors (Lipinski definition) is 5. The van der Waals surface area contributed by atoms with Gasteiger partial charge in [0.05, 0.1) is 12.8 Å². The maximum absolute atomic E-state index is 14.0. The molecule has 1 amide bonds. The maximum atomic E-state index is 14.0. The Morgan fingerprint density at radius 1 is 1.37 bits per heavy atom. The number of nitrogens with one attached hydrogen (secondary N) is 1. The number of amides is 1. The Balaban J connectivity index is 1.58. The number of pyridine rings is 1. The first kappa shape index (κ1) is 17.2. The number of hydrogen-bond donors (Lipinski definition) is 1. The van der Waals surface area contributed by atoms with Crippen LogP contribution in [0.5, 0.6) is 5.75 Å². The molecule has 6 nitrogen and oxygen atoms in total. The highest BCUT2D eigenvalue weighted by atomic mass is 32.1. The molecule has 0 unspecified atom stereocenters. The third-order valence-corrected chi connectivity index (χ3v) is 4.91. The Labute approximate surface area is 158 Å². The van der Waals surface area contributed by atoms with Crippen molar-refractivity contribution in [2.75, 3.05) is 7.11 Å². The fraction of sp³-hybridized carbons (Fsp3) is 0.105. The first-order valence-electron chi connectivity index (χ1n) is 8.13. The molecule has 4 aromatic rings. The van der Waals surface area contributed by atoms with Gasteiger partial charge in [0.15, 0.2) is 16.5 Å². The number of rotatable bonds is 5. The van der Waals surface area contributed by atoms with E-state index in [0.29, 0.717) is 28.5 Å². The second-order valence-electron chi connectivity index (χ2n) is 5.79. The standard InChI is InChI=1S/C19H15FN4O2S/c1-26-17-5-4-13(7-14(17)20)15-10-24-16(11-27-19(24)23-15)18(25)22-9-12-3-2-6-21-8-12/h2-8,10-11H,9H2,1H3,(H,22,25). The molecule has 8 heteroatoms. The molecule has 0 saturated carbocycles. The van der Waals surface area contributed by atoms with E-state index < -0.39 is 5.82 Å². The summed E-state index contributed by atoms with van der Waals surface area (Å²) in [4.78, 5) is 21.7. The lowest BCUT2D eigenvalue weighted by atomic mass is 10.1. The summed E-state index contributed by atoms with van der Waals surface area (Å²) in [6.07, 6.45) is 5.12. The van der Waals surface area contributed by atoms with E-state index in [-0.39, 0.29) is 11.7 Å². The summed E-state index contributed by atoms with van der Waals surface area (Å²) in [5.41, 5.74) is 2.60. The van der Waals surface area contributed by atoms with Crippen molar-refractivity contribution in [3.8, 4) is 17.0 Å². The predicted octanol–water partition coefficient (Wildman–Crippen LogP) is 3.54. The number of benzene rings is 1. The number of aromatic nitrogens is 3. The Hall–Kier alpha value is -3.26. The molecule has 0 aliphatic rings. The number of halogens is 1. The molecule has 27 heavy (non-hydrogen) atoms. The zero-order valence-corrected chi connectivity index (χ0v) is 15.2. The molecule has 3 heterocycles. The molecule has 0 fully saturated rings. The van der Waals surface area contributed by atoms with E-state index in [2.05, 4.69) is 15.3 Å². The van der Waals surface area contributed by atoms with Gasteiger partial charge in [-0.3, -0.25) is 14.2 Å². The fourth-order valence-electron chi connectivity index (χ4n) is 2.69. The minimum atomic E-state index is -0.458. The molecule has 0 spiro atoms. The molecule has 1 N–H and O–H groups in total. The van der Waals surface area contributed by atoms with Crippen LogP contribution in [0.25, 0.3) is 16.2 Å². The van der Waals surface area contributed by atoms with Crippen molar-refractivity contribution in [2.24, 2.45) is 0 Å². The van der Waals surface area contributed by atoms with Crippen LogP contribution < -0.4 is 10.1 Å². The first-order valence-corrected chi connectivity index (χ1v) is 9.01. The van der Waals surface area contributed by atoms with Crippen molar-refractivity contribution in [2.45, 2.75) is 6.54 Å². The second kappa shape index (κ2) is 7.16. The van der Waals surface area contributed by atoms with Crippen LogP contribution in [0.1, 0.15) is 16.1 Å². The number of ether oxygens (including phenoxy) is 1. The average Bonchev–Trinajstić information content (AvgIpc) is 3.27. The topological polar surface area (TPSA) is 68.5 Å². The Morgan fingerprint density at radius 2 is 2.26 bits per heavy atom. The Morgan fingerprint density at radius 3 is 3.00 bits per heavy atom. The zero-order valence-electron chi connectivity index (χ0n) is 14.3. The highest BCUT2D eigenvalue weighted by Crippen LogP contribution is 2.27. The summed E-state index contributed by atoms with van der Waals surface area (Å²) in [7, 11) is 1.42. The molecule has 3 aromatic heterocycles. The molecular formula is C19H15FN4O2S. The molecule has 4 rings (SSSR count). The van der Waals surface area contributed by atoms with Crippen molar-refractivity contribution >= 4 is 22.2 Å². The zero-order chi connectivity index (χ0) is 18.8. The number of thiazole rings is 1. The molecular weight excluding hydrogens is 367 g/mol. The van der Waals surface area contributed by atoms with Gasteiger partial charge >= 0.3 is 0 Å². The van der Waals surface area contributed by atoms with Crippen LogP contribution in [-0.4, -0.2) is 27.4 Å². The summed E-state index contributed by atoms with van der Waals surface area (Å²) in [5.74, 6) is -0.494. The number of carbonyl (C=O) groups excluding carboxylic acids is 1. The van der Waals surface area contributed by atoms with Crippen LogP contribution in [-0.2, 0) is 6.54 Å². The van der Waals surface area contributed by atoms with Crippen LogP contribution in [0.2, 0.25) is 0 Å². The Kier molecular flexibility index (Phi) is 4.55. The minimum absolute atomic E-state index is 0.176. The van der Waals surface area contributed by atoms with E-state index in [1.165, 1.54) is 24.5 Å². The van der Waals surface area contributed by atoms with Crippen LogP contribution in [0.15, 0.2) is 54.3 Å². The second-order valence-corrected chi connectivity index (χ2v) is 6.63. The van der Waals surface area contributed by atoms with Gasteiger partial charge in [0.1, 0.15) is 5.69 Å². The fourth-order valence-corrected chi connectivity index (χ4v) is 3.54. The smallest absolute Gasteiger partial charge is 0.269 e. The van der Waals surface area contributed by atoms with Gasteiger partial charge in [-0.15, -0.1) is 11.3 Å². The predicted molar refractivity (Wildman–Crippen MR) is 100 cm³/mol. The van der Waals surface area contributed by atoms with Crippen LogP contribution in [0.4, 0.5) is 4.39 Å². The summed E-state index contributed by atoms with van der Waals surface area (Å²) in [6.45, 7) is 0.384. The number of methoxy groups -OCH3 is 1. The van der Waals surface area contributed by atoms with E-state index in [1.54, 1.807) is 40.5 Å². The summed E-state index contributed by atoms with van der Waals surface area (Å²) < 4.78 is 20.6. The minimum Gasteiger partial charge on any atom is -0.494 e. The third-order valence-electron chi connectivity index (χ3n) is 4.07. The van der Waals surface area contributed by atoms with E-state index in [4.69, 9.17) is 4.74 Å². The molecule has 0 aliphatic carbocycles. The van der Waals surface area contributed by atoms with Crippen molar-refractivity contribution in [3.63, 3.8) is 0 Å². The largest absolute Gasteiger partial charge is 0.494 e. The van der Waals surface area contributed by atoms with Crippen LogP contribution in [0, 0.1) is 5.82 Å². The SMILES string of the molecule is COc1ccc(-c2cn3c(C(=O)NCc4cccnc4)csc3n2)cc1F. The van der Waals surface area contributed by atoms with Gasteiger partial charge in [0.2, 0.25) is 0 Å². The average molecular weight is 382 g/mol. The van der Waals surface area contributed by atoms with E-state index >= 15 is 0 Å². The van der Waals surface area contributed by atoms with Crippen molar-refractivity contribution in [1.29, 1.82) is 0 Å². The number of imidazole rings is 1. The maximum Gasteiger partial charge on any atom is 0.269 e. The van der Waals surface area contributed by atoms with Gasteiger partial charge in [-0.05, 0) is 29.8 Å². The summed E-state index contributed by atoms with van der Waals surface area (Å²) >= 11 is 1.35. The molecule has 0 atom stereocenters. The van der Waals surface area contributed by atoms with E-state index in [9.17, 15) is 9.18 Å². The van der Waals surface area contributed by atoms with Gasteiger partial charge in [0, 0.05) is 36.1 Å². The van der Waals surface area contributed by atoms with Crippen LogP contribution >= 0.6 is 11.3 Å². The number of nitrogens with zero attached hydrogens (tertiary/aromatic N) is 3. The molecule has 136 valence electrons. The lowest BCUT2D eigenvalue weighted by Crippen LogP contribution is -2.23. The van der Waals surface area contributed by atoms with Crippen molar-refractivity contribution in [3.05, 3.63) is 71.4 Å². The normalized spacial score (nSPS) is 10.9. The van der Waals surface area contributed by atoms with Crippen molar-refractivity contribution < 1.29 is 13.9 Å². The molecule has 0 saturated heterocycles. The molecule has 0 bridgehead atoms. The summed E-state index contributed by atoms with van der Waals surface area (Å²) in [5, 5.41) is 4.62. The lowest BCUT2D eigenvalue weighted by Gasteiger charge is -2.04. The van der Waals surface area contributed by atoms with E-state index in [1.807, 2.05) is 12.1 Å². The lowest BCUT2D eigenvalue weighted by molar-refractivity contribution is 0.0945. The monoisotopic (exact) mass is 382 g/mol. The highest BCUT2D eigenvalue weighted by molar-refractivity contribution is 7.15. The Bertz CT molecular complexity index is 1110. The van der Waals surface area contributed by atoms with Gasteiger partial charge in [-0.2, -0.15) is 0 Å². The number of carbonyl (C=O) groups is 1. The summed E-state index contributed by atoms with van der Waals surface area (Å²) in [6, 6.07) is 8.37. The van der Waals surface area contributed by atoms with Gasteiger partial charge in [0.25, 0.3) is 5.91 Å². The highest BCUT2D eigenvalue weighted by Gasteiger charge is 2.16. The quantitative estimate of drug-likeness (QED) is 0.573. The van der Waals surface area contributed by atoms with E-state index in [0.717, 1.165) is 5.56 Å². The molecule has 0 radical (unpaired) electrons. The van der Waals surface area contributed by atoms with Gasteiger partial charge < -0.3 is 10.1 Å². The molecule has 0 aliphatic heterocycles. The van der Waals surface area contributed by atoms with Gasteiger partial charge in [-0.1, -0.05) is 6.07 Å².